The standard InChI is InChI=1S/C17H18O2S/c1-12-16(14-9-5-6-10-15(14)20-12)17(18)19-11-13-7-3-2-4-8-13/h2-4,7-8H,5-6,9-11H2,1H3. The number of hydrogen-bond donors (Lipinski definition) is 0. The van der Waals surface area contributed by atoms with Crippen molar-refractivity contribution >= 4 is 17.3 Å². The largest absolute Gasteiger partial charge is 0.457 e. The van der Waals surface area contributed by atoms with Gasteiger partial charge in [0.2, 0.25) is 0 Å². The molecule has 3 heteroatoms. The van der Waals surface area contributed by atoms with Crippen LogP contribution in [0.5, 0.6) is 0 Å². The number of fused-ring (bicyclic) bond motifs is 1. The average Bonchev–Trinajstić information content (AvgIpc) is 2.82. The molecule has 1 aromatic carbocycles. The zero-order valence-electron chi connectivity index (χ0n) is 11.6. The van der Waals surface area contributed by atoms with Crippen LogP contribution >= 0.6 is 11.3 Å². The van der Waals surface area contributed by atoms with Gasteiger partial charge < -0.3 is 4.74 Å². The number of ether oxygens (including phenoxy) is 1. The van der Waals surface area contributed by atoms with E-state index in [1.807, 2.05) is 37.3 Å². The number of rotatable bonds is 3. The van der Waals surface area contributed by atoms with Gasteiger partial charge in [-0.1, -0.05) is 30.3 Å². The van der Waals surface area contributed by atoms with E-state index >= 15 is 0 Å². The summed E-state index contributed by atoms with van der Waals surface area (Å²) in [7, 11) is 0. The van der Waals surface area contributed by atoms with Crippen molar-refractivity contribution < 1.29 is 9.53 Å². The van der Waals surface area contributed by atoms with E-state index in [1.54, 1.807) is 11.3 Å². The van der Waals surface area contributed by atoms with Crippen molar-refractivity contribution in [3.8, 4) is 0 Å². The summed E-state index contributed by atoms with van der Waals surface area (Å²) in [5, 5.41) is 0. The number of aryl methyl sites for hydroxylation is 2. The van der Waals surface area contributed by atoms with Gasteiger partial charge in [0.15, 0.2) is 0 Å². The minimum Gasteiger partial charge on any atom is -0.457 e. The molecule has 1 heterocycles. The molecule has 2 nitrogen and oxygen atoms in total. The summed E-state index contributed by atoms with van der Waals surface area (Å²) < 4.78 is 5.49. The summed E-state index contributed by atoms with van der Waals surface area (Å²) >= 11 is 1.77. The molecule has 1 aliphatic rings. The van der Waals surface area contributed by atoms with E-state index in [2.05, 4.69) is 0 Å². The molecule has 0 saturated carbocycles. The van der Waals surface area contributed by atoms with Gasteiger partial charge in [0.1, 0.15) is 6.61 Å². The minimum atomic E-state index is -0.161. The van der Waals surface area contributed by atoms with E-state index in [1.165, 1.54) is 23.3 Å². The maximum Gasteiger partial charge on any atom is 0.339 e. The first-order valence-corrected chi connectivity index (χ1v) is 7.89. The molecule has 0 atom stereocenters. The lowest BCUT2D eigenvalue weighted by Gasteiger charge is -2.12. The molecule has 1 aromatic heterocycles. The second kappa shape index (κ2) is 5.80. The highest BCUT2D eigenvalue weighted by Gasteiger charge is 2.24. The highest BCUT2D eigenvalue weighted by atomic mass is 32.1. The van der Waals surface area contributed by atoms with Gasteiger partial charge in [0, 0.05) is 9.75 Å². The Balaban J connectivity index is 1.76. The van der Waals surface area contributed by atoms with Crippen LogP contribution in [0.3, 0.4) is 0 Å². The van der Waals surface area contributed by atoms with Gasteiger partial charge in [0.25, 0.3) is 0 Å². The molecule has 0 saturated heterocycles. The maximum atomic E-state index is 12.4. The Morgan fingerprint density at radius 3 is 2.75 bits per heavy atom. The summed E-state index contributed by atoms with van der Waals surface area (Å²) in [5.74, 6) is -0.161. The number of carbonyl (C=O) groups is 1. The Morgan fingerprint density at radius 1 is 1.20 bits per heavy atom. The van der Waals surface area contributed by atoms with Crippen molar-refractivity contribution in [1.29, 1.82) is 0 Å². The molecule has 0 bridgehead atoms. The lowest BCUT2D eigenvalue weighted by molar-refractivity contribution is 0.0471. The number of thiophene rings is 1. The fourth-order valence-electron chi connectivity index (χ4n) is 2.77. The Kier molecular flexibility index (Phi) is 3.88. The second-order valence-electron chi connectivity index (χ2n) is 5.20. The van der Waals surface area contributed by atoms with Gasteiger partial charge in [-0.15, -0.1) is 11.3 Å². The van der Waals surface area contributed by atoms with Crippen LogP contribution in [-0.2, 0) is 24.2 Å². The van der Waals surface area contributed by atoms with Crippen LogP contribution in [0, 0.1) is 6.92 Å². The summed E-state index contributed by atoms with van der Waals surface area (Å²) in [6, 6.07) is 9.83. The fourth-order valence-corrected chi connectivity index (χ4v) is 4.02. The molecule has 0 aliphatic heterocycles. The predicted molar refractivity (Wildman–Crippen MR) is 81.3 cm³/mol. The monoisotopic (exact) mass is 286 g/mol. The van der Waals surface area contributed by atoms with Crippen molar-refractivity contribution in [2.45, 2.75) is 39.2 Å². The van der Waals surface area contributed by atoms with E-state index < -0.39 is 0 Å². The van der Waals surface area contributed by atoms with E-state index in [-0.39, 0.29) is 5.97 Å². The molecule has 0 radical (unpaired) electrons. The first-order valence-electron chi connectivity index (χ1n) is 7.08. The minimum absolute atomic E-state index is 0.161. The third kappa shape index (κ3) is 2.63. The molecule has 0 fully saturated rings. The Morgan fingerprint density at radius 2 is 1.95 bits per heavy atom. The molecule has 20 heavy (non-hydrogen) atoms. The Bertz CT molecular complexity index is 613. The van der Waals surface area contributed by atoms with Crippen molar-refractivity contribution in [3.63, 3.8) is 0 Å². The lowest BCUT2D eigenvalue weighted by atomic mass is 9.95. The second-order valence-corrected chi connectivity index (χ2v) is 6.51. The number of benzene rings is 1. The third-order valence-corrected chi connectivity index (χ3v) is 4.97. The highest BCUT2D eigenvalue weighted by Crippen LogP contribution is 2.34. The SMILES string of the molecule is Cc1sc2c(c1C(=O)OCc1ccccc1)CCCC2. The quantitative estimate of drug-likeness (QED) is 0.787. The lowest BCUT2D eigenvalue weighted by Crippen LogP contribution is -2.10. The zero-order chi connectivity index (χ0) is 13.9. The average molecular weight is 286 g/mol. The van der Waals surface area contributed by atoms with Crippen LogP contribution < -0.4 is 0 Å². The molecule has 0 amide bonds. The summed E-state index contributed by atoms with van der Waals surface area (Å²) in [6.45, 7) is 2.38. The first kappa shape index (κ1) is 13.4. The number of esters is 1. The van der Waals surface area contributed by atoms with E-state index in [0.29, 0.717) is 6.61 Å². The van der Waals surface area contributed by atoms with Gasteiger partial charge in [-0.3, -0.25) is 0 Å². The summed E-state index contributed by atoms with van der Waals surface area (Å²) in [4.78, 5) is 14.9. The van der Waals surface area contributed by atoms with Gasteiger partial charge in [-0.05, 0) is 43.7 Å². The number of hydrogen-bond acceptors (Lipinski definition) is 3. The molecular weight excluding hydrogens is 268 g/mol. The molecule has 0 spiro atoms. The van der Waals surface area contributed by atoms with E-state index in [4.69, 9.17) is 4.74 Å². The molecule has 0 N–H and O–H groups in total. The number of carbonyl (C=O) groups excluding carboxylic acids is 1. The summed E-state index contributed by atoms with van der Waals surface area (Å²) in [6.07, 6.45) is 4.57. The van der Waals surface area contributed by atoms with Crippen LogP contribution in [0.1, 0.15) is 44.1 Å². The highest BCUT2D eigenvalue weighted by molar-refractivity contribution is 7.12. The molecule has 2 aromatic rings. The maximum absolute atomic E-state index is 12.4. The first-order chi connectivity index (χ1) is 9.75. The van der Waals surface area contributed by atoms with Crippen molar-refractivity contribution in [3.05, 3.63) is 56.8 Å². The summed E-state index contributed by atoms with van der Waals surface area (Å²) in [5.41, 5.74) is 3.11. The smallest absolute Gasteiger partial charge is 0.339 e. The Labute approximate surface area is 123 Å². The van der Waals surface area contributed by atoms with Crippen molar-refractivity contribution in [2.75, 3.05) is 0 Å². The van der Waals surface area contributed by atoms with E-state index in [0.717, 1.165) is 28.8 Å². The fraction of sp³-hybridized carbons (Fsp3) is 0.353. The zero-order valence-corrected chi connectivity index (χ0v) is 12.5. The van der Waals surface area contributed by atoms with E-state index in [9.17, 15) is 4.79 Å². The van der Waals surface area contributed by atoms with Crippen LogP contribution in [0.15, 0.2) is 30.3 Å². The van der Waals surface area contributed by atoms with Crippen LogP contribution in [-0.4, -0.2) is 5.97 Å². The molecule has 0 unspecified atom stereocenters. The molecule has 3 rings (SSSR count). The predicted octanol–water partition coefficient (Wildman–Crippen LogP) is 4.29. The van der Waals surface area contributed by atoms with Gasteiger partial charge in [-0.2, -0.15) is 0 Å². The van der Waals surface area contributed by atoms with Crippen LogP contribution in [0.25, 0.3) is 0 Å². The van der Waals surface area contributed by atoms with Gasteiger partial charge >= 0.3 is 5.97 Å². The molecule has 104 valence electrons. The van der Waals surface area contributed by atoms with Crippen LogP contribution in [0.4, 0.5) is 0 Å². The Hall–Kier alpha value is -1.61. The molecular formula is C17H18O2S. The van der Waals surface area contributed by atoms with Gasteiger partial charge in [0.05, 0.1) is 5.56 Å². The van der Waals surface area contributed by atoms with Gasteiger partial charge in [-0.25, -0.2) is 4.79 Å². The topological polar surface area (TPSA) is 26.3 Å². The van der Waals surface area contributed by atoms with Crippen molar-refractivity contribution in [2.24, 2.45) is 0 Å². The third-order valence-electron chi connectivity index (χ3n) is 3.76. The van der Waals surface area contributed by atoms with Crippen molar-refractivity contribution in [1.82, 2.24) is 0 Å². The van der Waals surface area contributed by atoms with Crippen LogP contribution in [0.2, 0.25) is 0 Å². The molecule has 1 aliphatic carbocycles. The normalized spacial score (nSPS) is 13.8.